The highest BCUT2D eigenvalue weighted by Crippen LogP contribution is 2.47. The highest BCUT2D eigenvalue weighted by atomic mass is 32.2. The molecular formula is C14H24O5S. The summed E-state index contributed by atoms with van der Waals surface area (Å²) in [6.07, 6.45) is 0.726. The van der Waals surface area contributed by atoms with Crippen LogP contribution in [0.1, 0.15) is 34.1 Å². The predicted molar refractivity (Wildman–Crippen MR) is 77.4 cm³/mol. The number of carbonyl (C=O) groups is 2. The van der Waals surface area contributed by atoms with Crippen LogP contribution in [0.15, 0.2) is 0 Å². The molecule has 1 aliphatic heterocycles. The van der Waals surface area contributed by atoms with E-state index in [-0.39, 0.29) is 13.2 Å². The molecule has 0 spiro atoms. The van der Waals surface area contributed by atoms with Crippen LogP contribution >= 0.6 is 11.8 Å². The zero-order chi connectivity index (χ0) is 15.4. The van der Waals surface area contributed by atoms with Crippen molar-refractivity contribution in [3.63, 3.8) is 0 Å². The Hall–Kier alpha value is -0.750. The van der Waals surface area contributed by atoms with Crippen molar-refractivity contribution in [3.05, 3.63) is 0 Å². The lowest BCUT2D eigenvalue weighted by Gasteiger charge is -2.48. The second kappa shape index (κ2) is 6.80. The summed E-state index contributed by atoms with van der Waals surface area (Å²) in [5.74, 6) is -1.48. The Morgan fingerprint density at radius 3 is 2.10 bits per heavy atom. The van der Waals surface area contributed by atoms with Crippen molar-refractivity contribution < 1.29 is 24.2 Å². The van der Waals surface area contributed by atoms with Crippen LogP contribution in [0.4, 0.5) is 0 Å². The van der Waals surface area contributed by atoms with E-state index < -0.39 is 28.9 Å². The van der Waals surface area contributed by atoms with E-state index in [0.29, 0.717) is 5.75 Å². The number of ether oxygens (including phenoxy) is 2. The lowest BCUT2D eigenvalue weighted by Crippen LogP contribution is -2.60. The molecule has 6 heteroatoms. The maximum atomic E-state index is 12.2. The number of rotatable bonds is 5. The largest absolute Gasteiger partial charge is 0.465 e. The van der Waals surface area contributed by atoms with Crippen LogP contribution in [0.25, 0.3) is 0 Å². The van der Waals surface area contributed by atoms with E-state index in [9.17, 15) is 14.7 Å². The van der Waals surface area contributed by atoms with Gasteiger partial charge in [0.15, 0.2) is 5.92 Å². The van der Waals surface area contributed by atoms with E-state index in [1.807, 2.05) is 13.8 Å². The first-order valence-corrected chi connectivity index (χ1v) is 8.09. The fourth-order valence-electron chi connectivity index (χ4n) is 2.38. The van der Waals surface area contributed by atoms with Gasteiger partial charge in [-0.25, -0.2) is 0 Å². The molecule has 0 bridgehead atoms. The second-order valence-electron chi connectivity index (χ2n) is 5.55. The van der Waals surface area contributed by atoms with Gasteiger partial charge in [0, 0.05) is 5.75 Å². The molecule has 0 aromatic rings. The smallest absolute Gasteiger partial charge is 0.323 e. The summed E-state index contributed by atoms with van der Waals surface area (Å²) in [6.45, 7) is 7.42. The SMILES string of the molecule is CCOC(=O)C(C(=O)OCC)C1(O)CSCCC1(C)C. The molecule has 0 amide bonds. The average molecular weight is 304 g/mol. The van der Waals surface area contributed by atoms with Crippen molar-refractivity contribution in [2.45, 2.75) is 39.7 Å². The lowest BCUT2D eigenvalue weighted by atomic mass is 9.67. The quantitative estimate of drug-likeness (QED) is 0.615. The third-order valence-electron chi connectivity index (χ3n) is 3.89. The summed E-state index contributed by atoms with van der Waals surface area (Å²) in [6, 6.07) is 0. The molecule has 1 aliphatic rings. The van der Waals surface area contributed by atoms with Crippen LogP contribution < -0.4 is 0 Å². The normalized spacial score (nSPS) is 25.3. The van der Waals surface area contributed by atoms with E-state index in [1.165, 1.54) is 11.8 Å². The first kappa shape index (κ1) is 17.3. The molecule has 1 rings (SSSR count). The summed E-state index contributed by atoms with van der Waals surface area (Å²) < 4.78 is 9.95. The van der Waals surface area contributed by atoms with E-state index in [2.05, 4.69) is 0 Å². The molecule has 1 saturated heterocycles. The molecule has 20 heavy (non-hydrogen) atoms. The highest BCUT2D eigenvalue weighted by Gasteiger charge is 2.57. The van der Waals surface area contributed by atoms with Crippen LogP contribution in [-0.4, -0.2) is 47.4 Å². The summed E-state index contributed by atoms with van der Waals surface area (Å²) in [4.78, 5) is 24.3. The molecule has 116 valence electrons. The first-order valence-electron chi connectivity index (χ1n) is 6.93. The Bertz CT molecular complexity index is 351. The van der Waals surface area contributed by atoms with Crippen molar-refractivity contribution in [1.29, 1.82) is 0 Å². The number of esters is 2. The average Bonchev–Trinajstić information content (AvgIpc) is 2.34. The summed E-state index contributed by atoms with van der Waals surface area (Å²) >= 11 is 1.54. The summed E-state index contributed by atoms with van der Waals surface area (Å²) in [5, 5.41) is 11.0. The molecule has 0 aliphatic carbocycles. The van der Waals surface area contributed by atoms with Gasteiger partial charge in [0.25, 0.3) is 0 Å². The van der Waals surface area contributed by atoms with Crippen LogP contribution in [0.2, 0.25) is 0 Å². The number of thioether (sulfide) groups is 1. The third kappa shape index (κ3) is 3.28. The van der Waals surface area contributed by atoms with Crippen LogP contribution in [-0.2, 0) is 19.1 Å². The Labute approximate surface area is 124 Å². The Morgan fingerprint density at radius 1 is 1.20 bits per heavy atom. The maximum absolute atomic E-state index is 12.2. The molecule has 1 atom stereocenters. The van der Waals surface area contributed by atoms with Gasteiger partial charge >= 0.3 is 11.9 Å². The second-order valence-corrected chi connectivity index (χ2v) is 6.65. The van der Waals surface area contributed by atoms with E-state index in [4.69, 9.17) is 9.47 Å². The zero-order valence-corrected chi connectivity index (χ0v) is 13.4. The molecular weight excluding hydrogens is 280 g/mol. The van der Waals surface area contributed by atoms with Gasteiger partial charge in [0.2, 0.25) is 0 Å². The van der Waals surface area contributed by atoms with Crippen LogP contribution in [0.5, 0.6) is 0 Å². The fraction of sp³-hybridized carbons (Fsp3) is 0.857. The van der Waals surface area contributed by atoms with Gasteiger partial charge in [0.05, 0.1) is 13.2 Å². The number of aliphatic hydroxyl groups is 1. The number of carbonyl (C=O) groups excluding carboxylic acids is 2. The summed E-state index contributed by atoms with van der Waals surface area (Å²) in [5.41, 5.74) is -2.00. The number of hydrogen-bond donors (Lipinski definition) is 1. The van der Waals surface area contributed by atoms with E-state index >= 15 is 0 Å². The van der Waals surface area contributed by atoms with Crippen molar-refractivity contribution in [2.75, 3.05) is 24.7 Å². The highest BCUT2D eigenvalue weighted by molar-refractivity contribution is 7.99. The van der Waals surface area contributed by atoms with Gasteiger partial charge in [-0.05, 0) is 31.4 Å². The van der Waals surface area contributed by atoms with Gasteiger partial charge in [-0.1, -0.05) is 13.8 Å². The minimum Gasteiger partial charge on any atom is -0.465 e. The van der Waals surface area contributed by atoms with Gasteiger partial charge in [-0.15, -0.1) is 0 Å². The Morgan fingerprint density at radius 2 is 1.70 bits per heavy atom. The molecule has 5 nitrogen and oxygen atoms in total. The molecule has 0 saturated carbocycles. The molecule has 0 aromatic carbocycles. The topological polar surface area (TPSA) is 72.8 Å². The molecule has 0 aromatic heterocycles. The Balaban J connectivity index is 3.13. The monoisotopic (exact) mass is 304 g/mol. The predicted octanol–water partition coefficient (Wildman–Crippen LogP) is 1.62. The molecule has 1 unspecified atom stereocenters. The van der Waals surface area contributed by atoms with Gasteiger partial charge in [-0.3, -0.25) is 9.59 Å². The third-order valence-corrected chi connectivity index (χ3v) is 5.02. The minimum absolute atomic E-state index is 0.165. The van der Waals surface area contributed by atoms with Crippen molar-refractivity contribution in [1.82, 2.24) is 0 Å². The molecule has 1 fully saturated rings. The van der Waals surface area contributed by atoms with Gasteiger partial charge < -0.3 is 14.6 Å². The van der Waals surface area contributed by atoms with Crippen molar-refractivity contribution in [3.8, 4) is 0 Å². The molecule has 0 radical (unpaired) electrons. The van der Waals surface area contributed by atoms with E-state index in [1.54, 1.807) is 13.8 Å². The Kier molecular flexibility index (Phi) is 5.89. The molecule has 1 heterocycles. The lowest BCUT2D eigenvalue weighted by molar-refractivity contribution is -0.184. The summed E-state index contributed by atoms with van der Waals surface area (Å²) in [7, 11) is 0. The van der Waals surface area contributed by atoms with Crippen LogP contribution in [0.3, 0.4) is 0 Å². The standard InChI is InChI=1S/C14H24O5S/c1-5-18-11(15)10(12(16)19-6-2)14(17)9-20-8-7-13(14,3)4/h10,17H,5-9H2,1-4H3. The van der Waals surface area contributed by atoms with Gasteiger partial charge in [0.1, 0.15) is 5.60 Å². The maximum Gasteiger partial charge on any atom is 0.323 e. The minimum atomic E-state index is -1.45. The fourth-order valence-corrected chi connectivity index (χ4v) is 4.05. The van der Waals surface area contributed by atoms with Crippen LogP contribution in [0, 0.1) is 11.3 Å². The zero-order valence-electron chi connectivity index (χ0n) is 12.6. The van der Waals surface area contributed by atoms with Crippen molar-refractivity contribution in [2.24, 2.45) is 11.3 Å². The van der Waals surface area contributed by atoms with E-state index in [0.717, 1.165) is 12.2 Å². The molecule has 1 N–H and O–H groups in total. The van der Waals surface area contributed by atoms with Gasteiger partial charge in [-0.2, -0.15) is 11.8 Å². The first-order chi connectivity index (χ1) is 9.30. The van der Waals surface area contributed by atoms with Crippen molar-refractivity contribution >= 4 is 23.7 Å². The number of hydrogen-bond acceptors (Lipinski definition) is 6.